The number of nitrogens with one attached hydrogen (secondary N) is 2. The quantitative estimate of drug-likeness (QED) is 0.262. The van der Waals surface area contributed by atoms with Crippen molar-refractivity contribution in [2.24, 2.45) is 11.8 Å². The summed E-state index contributed by atoms with van der Waals surface area (Å²) in [5.74, 6) is -0.654. The van der Waals surface area contributed by atoms with Crippen LogP contribution in [0.3, 0.4) is 0 Å². The van der Waals surface area contributed by atoms with E-state index in [-0.39, 0.29) is 24.9 Å². The molecule has 0 spiro atoms. The maximum Gasteiger partial charge on any atom is 0.432 e. The Balaban J connectivity index is 2.26. The summed E-state index contributed by atoms with van der Waals surface area (Å²) in [6.07, 6.45) is 6.40. The Hall–Kier alpha value is -2.00. The summed E-state index contributed by atoms with van der Waals surface area (Å²) in [4.78, 5) is 50.3. The van der Waals surface area contributed by atoms with E-state index in [4.69, 9.17) is 0 Å². The van der Waals surface area contributed by atoms with Crippen molar-refractivity contribution in [3.63, 3.8) is 0 Å². The van der Waals surface area contributed by atoms with Crippen molar-refractivity contribution in [1.29, 1.82) is 0 Å². The van der Waals surface area contributed by atoms with Crippen molar-refractivity contribution in [3.05, 3.63) is 0 Å². The van der Waals surface area contributed by atoms with Crippen LogP contribution >= 0.6 is 0 Å². The molecule has 3 N–H and O–H groups in total. The largest absolute Gasteiger partial charge is 0.432 e. The number of imide groups is 2. The van der Waals surface area contributed by atoms with Gasteiger partial charge in [0.15, 0.2) is 0 Å². The molecule has 2 aliphatic rings. The first-order chi connectivity index (χ1) is 14.0. The Labute approximate surface area is 178 Å². The molecular formula is C21H37N4O5+. The van der Waals surface area contributed by atoms with Gasteiger partial charge in [-0.05, 0) is 40.0 Å². The first-order valence-corrected chi connectivity index (χ1v) is 11.0. The van der Waals surface area contributed by atoms with Gasteiger partial charge in [0.05, 0.1) is 19.0 Å². The smallest absolute Gasteiger partial charge is 0.333 e. The van der Waals surface area contributed by atoms with Gasteiger partial charge in [-0.3, -0.25) is 10.0 Å². The molecule has 0 aromatic carbocycles. The SMILES string of the molecule is C[C@@H]1CCC[N+]1(C(=O)NC(=O)NC(C)(C)C)C(=O)[C@H](CC1CCCC1)CN(O)C=O. The Morgan fingerprint density at radius 3 is 2.30 bits per heavy atom. The molecule has 1 heterocycles. The van der Waals surface area contributed by atoms with Crippen LogP contribution < -0.4 is 10.6 Å². The molecule has 1 saturated heterocycles. The summed E-state index contributed by atoms with van der Waals surface area (Å²) in [6, 6.07) is -1.56. The minimum absolute atomic E-state index is 0.146. The van der Waals surface area contributed by atoms with Crippen molar-refractivity contribution in [3.8, 4) is 0 Å². The standard InChI is InChI=1S/C21H36N4O5/c1-15-8-7-11-25(15,20(29)22-19(28)23-21(2,3)4)18(27)17(13-24(30)14-26)12-16-9-5-6-10-16/h14-17,30H,5-13H2,1-4H3,(H-,22,23,28,29)/p+1/t15-,17-,25?/m1/s1. The van der Waals surface area contributed by atoms with Gasteiger partial charge in [0.25, 0.3) is 0 Å². The zero-order valence-corrected chi connectivity index (χ0v) is 18.6. The van der Waals surface area contributed by atoms with Gasteiger partial charge >= 0.3 is 18.0 Å². The number of likely N-dealkylation sites (tertiary alicyclic amines) is 1. The molecule has 6 amide bonds. The normalized spacial score (nSPS) is 25.6. The van der Waals surface area contributed by atoms with E-state index in [0.717, 1.165) is 25.7 Å². The first-order valence-electron chi connectivity index (χ1n) is 11.0. The third-order valence-corrected chi connectivity index (χ3v) is 6.32. The molecule has 9 nitrogen and oxygen atoms in total. The van der Waals surface area contributed by atoms with E-state index < -0.39 is 28.0 Å². The van der Waals surface area contributed by atoms with Crippen LogP contribution in [0.5, 0.6) is 0 Å². The average Bonchev–Trinajstić information content (AvgIpc) is 3.28. The predicted molar refractivity (Wildman–Crippen MR) is 110 cm³/mol. The number of carbonyl (C=O) groups is 4. The van der Waals surface area contributed by atoms with Crippen molar-refractivity contribution in [2.45, 2.75) is 84.2 Å². The molecule has 0 aromatic heterocycles. The number of rotatable bonds is 6. The number of hydrogen-bond acceptors (Lipinski definition) is 5. The van der Waals surface area contributed by atoms with Gasteiger partial charge < -0.3 is 5.32 Å². The van der Waals surface area contributed by atoms with Crippen LogP contribution in [0.4, 0.5) is 9.59 Å². The number of quaternary nitrogens is 1. The maximum atomic E-state index is 13.8. The predicted octanol–water partition coefficient (Wildman–Crippen LogP) is 2.77. The van der Waals surface area contributed by atoms with E-state index in [1.807, 2.05) is 6.92 Å². The van der Waals surface area contributed by atoms with E-state index >= 15 is 0 Å². The fourth-order valence-corrected chi connectivity index (χ4v) is 4.87. The fraction of sp³-hybridized carbons (Fsp3) is 0.810. The second-order valence-corrected chi connectivity index (χ2v) is 9.87. The average molecular weight is 426 g/mol. The molecule has 1 aliphatic heterocycles. The highest BCUT2D eigenvalue weighted by Gasteiger charge is 2.55. The molecule has 3 atom stereocenters. The summed E-state index contributed by atoms with van der Waals surface area (Å²) in [7, 11) is 0. The van der Waals surface area contributed by atoms with Crippen molar-refractivity contribution in [2.75, 3.05) is 13.1 Å². The van der Waals surface area contributed by atoms with Crippen LogP contribution in [0, 0.1) is 11.8 Å². The highest BCUT2D eigenvalue weighted by atomic mass is 16.5. The number of hydrogen-bond donors (Lipinski definition) is 3. The van der Waals surface area contributed by atoms with Crippen molar-refractivity contribution < 1.29 is 28.9 Å². The lowest BCUT2D eigenvalue weighted by Crippen LogP contribution is -2.66. The van der Waals surface area contributed by atoms with Gasteiger partial charge in [-0.15, -0.1) is 0 Å². The Morgan fingerprint density at radius 1 is 1.17 bits per heavy atom. The van der Waals surface area contributed by atoms with E-state index in [9.17, 15) is 24.4 Å². The molecule has 30 heavy (non-hydrogen) atoms. The lowest BCUT2D eigenvalue weighted by atomic mass is 9.91. The number of nitrogens with zero attached hydrogens (tertiary/aromatic N) is 2. The van der Waals surface area contributed by atoms with E-state index in [2.05, 4.69) is 10.6 Å². The summed E-state index contributed by atoms with van der Waals surface area (Å²) in [6.45, 7) is 7.41. The van der Waals surface area contributed by atoms with E-state index in [1.165, 1.54) is 0 Å². The van der Waals surface area contributed by atoms with Crippen LogP contribution in [-0.4, -0.2) is 63.8 Å². The lowest BCUT2D eigenvalue weighted by Gasteiger charge is -2.36. The molecule has 9 heteroatoms. The summed E-state index contributed by atoms with van der Waals surface area (Å²) < 4.78 is -0.471. The van der Waals surface area contributed by atoms with Gasteiger partial charge in [0.1, 0.15) is 6.04 Å². The molecule has 2 rings (SSSR count). The van der Waals surface area contributed by atoms with Crippen LogP contribution in [0.25, 0.3) is 0 Å². The van der Waals surface area contributed by atoms with E-state index in [1.54, 1.807) is 20.8 Å². The highest BCUT2D eigenvalue weighted by Crippen LogP contribution is 2.35. The molecule has 170 valence electrons. The third-order valence-electron chi connectivity index (χ3n) is 6.32. The van der Waals surface area contributed by atoms with Gasteiger partial charge in [-0.2, -0.15) is 4.48 Å². The summed E-state index contributed by atoms with van der Waals surface area (Å²) >= 11 is 0. The van der Waals surface area contributed by atoms with Gasteiger partial charge in [0.2, 0.25) is 6.41 Å². The van der Waals surface area contributed by atoms with E-state index in [0.29, 0.717) is 36.8 Å². The van der Waals surface area contributed by atoms with Crippen LogP contribution in [0.15, 0.2) is 0 Å². The Morgan fingerprint density at radius 2 is 1.80 bits per heavy atom. The second-order valence-electron chi connectivity index (χ2n) is 9.87. The van der Waals surface area contributed by atoms with Crippen LogP contribution in [-0.2, 0) is 9.59 Å². The monoisotopic (exact) mass is 425 g/mol. The van der Waals surface area contributed by atoms with Gasteiger partial charge in [-0.1, -0.05) is 25.7 Å². The van der Waals surface area contributed by atoms with Gasteiger partial charge in [0, 0.05) is 18.4 Å². The zero-order chi connectivity index (χ0) is 22.5. The Kier molecular flexibility index (Phi) is 7.99. The first kappa shape index (κ1) is 24.3. The van der Waals surface area contributed by atoms with Crippen LogP contribution in [0.1, 0.15) is 72.6 Å². The van der Waals surface area contributed by atoms with Crippen molar-refractivity contribution in [1.82, 2.24) is 15.7 Å². The highest BCUT2D eigenvalue weighted by molar-refractivity contribution is 5.95. The minimum Gasteiger partial charge on any atom is -0.333 e. The number of hydroxylamine groups is 2. The van der Waals surface area contributed by atoms with Gasteiger partial charge in [-0.25, -0.2) is 24.8 Å². The molecule has 2 fully saturated rings. The molecular weight excluding hydrogens is 388 g/mol. The summed E-state index contributed by atoms with van der Waals surface area (Å²) in [5, 5.41) is 15.3. The number of amides is 6. The fourth-order valence-electron chi connectivity index (χ4n) is 4.87. The van der Waals surface area contributed by atoms with Crippen molar-refractivity contribution >= 4 is 24.4 Å². The minimum atomic E-state index is -0.666. The second kappa shape index (κ2) is 9.87. The Bertz CT molecular complexity index is 656. The number of carbonyl (C=O) groups excluding carboxylic acids is 4. The third kappa shape index (κ3) is 5.78. The molecule has 0 bridgehead atoms. The molecule has 1 saturated carbocycles. The molecule has 1 unspecified atom stereocenters. The lowest BCUT2D eigenvalue weighted by molar-refractivity contribution is -0.786. The maximum absolute atomic E-state index is 13.8. The topological polar surface area (TPSA) is 116 Å². The van der Waals surface area contributed by atoms with Crippen LogP contribution in [0.2, 0.25) is 0 Å². The number of urea groups is 2. The zero-order valence-electron chi connectivity index (χ0n) is 18.6. The molecule has 0 radical (unpaired) electrons. The summed E-state index contributed by atoms with van der Waals surface area (Å²) in [5.41, 5.74) is -0.526. The molecule has 1 aliphatic carbocycles. The molecule has 0 aromatic rings.